The first kappa shape index (κ1) is 9.27. The number of hydrogen-bond acceptors (Lipinski definition) is 3. The largest absolute Gasteiger partial charge is 0.367 e. The maximum atomic E-state index is 10.8. The Morgan fingerprint density at radius 1 is 1.36 bits per heavy atom. The predicted molar refractivity (Wildman–Crippen MR) is 53.9 cm³/mol. The van der Waals surface area contributed by atoms with Crippen LogP contribution in [-0.2, 0) is 5.11 Å². The molecule has 0 aliphatic carbocycles. The van der Waals surface area contributed by atoms with Gasteiger partial charge in [-0.1, -0.05) is 0 Å². The van der Waals surface area contributed by atoms with Crippen LogP contribution in [0.15, 0.2) is 18.3 Å². The molecule has 2 heterocycles. The van der Waals surface area contributed by atoms with E-state index in [1.165, 1.54) is 12.3 Å². The van der Waals surface area contributed by atoms with E-state index in [1.807, 2.05) is 0 Å². The molecule has 0 amide bonds. The summed E-state index contributed by atoms with van der Waals surface area (Å²) in [6.07, 6.45) is 3.57. The molecule has 0 saturated carbocycles. The summed E-state index contributed by atoms with van der Waals surface area (Å²) < 4.78 is 0. The average Bonchev–Trinajstić information content (AvgIpc) is 2.23. The minimum atomic E-state index is -0.0409. The normalized spacial score (nSPS) is 18.0. The van der Waals surface area contributed by atoms with E-state index in [-0.39, 0.29) is 5.75 Å². The van der Waals surface area contributed by atoms with Crippen LogP contribution < -0.4 is 10.6 Å². The Bertz CT molecular complexity index is 280. The molecule has 75 valence electrons. The smallest absolute Gasteiger partial charge is 0.197 e. The molecule has 0 bridgehead atoms. The van der Waals surface area contributed by atoms with E-state index in [1.54, 1.807) is 6.07 Å². The quantitative estimate of drug-likeness (QED) is 0.744. The minimum absolute atomic E-state index is 0.0409. The Balaban J connectivity index is 1.92. The van der Waals surface area contributed by atoms with E-state index in [4.69, 9.17) is 0 Å². The lowest BCUT2D eigenvalue weighted by molar-refractivity contribution is 0.353. The van der Waals surface area contributed by atoms with Crippen molar-refractivity contribution in [2.45, 2.75) is 18.9 Å². The molecule has 14 heavy (non-hydrogen) atoms. The fourth-order valence-electron chi connectivity index (χ4n) is 1.64. The molecule has 1 aromatic heterocycles. The Morgan fingerprint density at radius 3 is 2.79 bits per heavy atom. The van der Waals surface area contributed by atoms with Gasteiger partial charge in [0, 0.05) is 6.04 Å². The summed E-state index contributed by atoms with van der Waals surface area (Å²) in [6, 6.07) is 3.77. The molecule has 0 aromatic carbocycles. The molecule has 1 aliphatic heterocycles. The van der Waals surface area contributed by atoms with Crippen LogP contribution >= 0.6 is 0 Å². The van der Waals surface area contributed by atoms with E-state index in [0.717, 1.165) is 31.7 Å². The third kappa shape index (κ3) is 2.35. The van der Waals surface area contributed by atoms with Crippen molar-refractivity contribution in [1.82, 2.24) is 10.3 Å². The highest BCUT2D eigenvalue weighted by atomic mass is 16.3. The number of piperidine rings is 1. The molecule has 0 atom stereocenters. The summed E-state index contributed by atoms with van der Waals surface area (Å²) in [5, 5.41) is 17.4. The van der Waals surface area contributed by atoms with Crippen LogP contribution in [0.5, 0.6) is 5.75 Å². The van der Waals surface area contributed by atoms with E-state index in [9.17, 15) is 5.11 Å². The van der Waals surface area contributed by atoms with E-state index in [0.29, 0.717) is 6.04 Å². The molecule has 4 heteroatoms. The molecule has 1 saturated heterocycles. The topological polar surface area (TPSA) is 56.9 Å². The first-order valence-corrected chi connectivity index (χ1v) is 4.95. The number of hydrogen-bond donors (Lipinski definition) is 2. The molecule has 1 fully saturated rings. The summed E-state index contributed by atoms with van der Waals surface area (Å²) in [4.78, 5) is 4.03. The summed E-state index contributed by atoms with van der Waals surface area (Å²) in [6.45, 7) is 2.11. The maximum Gasteiger partial charge on any atom is 0.197 e. The highest BCUT2D eigenvalue weighted by molar-refractivity contribution is 5.37. The third-order valence-corrected chi connectivity index (χ3v) is 2.43. The first-order valence-electron chi connectivity index (χ1n) is 4.95. The monoisotopic (exact) mass is 192 g/mol. The van der Waals surface area contributed by atoms with Gasteiger partial charge in [0.2, 0.25) is 0 Å². The van der Waals surface area contributed by atoms with Crippen LogP contribution in [-0.4, -0.2) is 24.1 Å². The molecular weight excluding hydrogens is 178 g/mol. The van der Waals surface area contributed by atoms with Crippen molar-refractivity contribution in [2.24, 2.45) is 0 Å². The lowest BCUT2D eigenvalue weighted by Crippen LogP contribution is -2.35. The zero-order chi connectivity index (χ0) is 9.80. The molecule has 0 unspecified atom stereocenters. The van der Waals surface area contributed by atoms with Crippen molar-refractivity contribution in [3.05, 3.63) is 18.3 Å². The van der Waals surface area contributed by atoms with Crippen molar-refractivity contribution in [3.8, 4) is 5.75 Å². The van der Waals surface area contributed by atoms with Crippen LogP contribution in [0.4, 0.5) is 5.82 Å². The van der Waals surface area contributed by atoms with Gasteiger partial charge in [0.1, 0.15) is 5.82 Å². The Hall–Kier alpha value is -1.29. The van der Waals surface area contributed by atoms with E-state index >= 15 is 0 Å². The van der Waals surface area contributed by atoms with E-state index < -0.39 is 0 Å². The van der Waals surface area contributed by atoms with Gasteiger partial charge >= 0.3 is 0 Å². The SMILES string of the molecule is [O]c1ccc(NC2CCNCC2)nc1. The zero-order valence-electron chi connectivity index (χ0n) is 7.99. The van der Waals surface area contributed by atoms with Crippen molar-refractivity contribution in [1.29, 1.82) is 0 Å². The van der Waals surface area contributed by atoms with Gasteiger partial charge in [-0.25, -0.2) is 4.98 Å². The number of nitrogens with one attached hydrogen (secondary N) is 2. The molecule has 1 aromatic rings. The average molecular weight is 192 g/mol. The zero-order valence-corrected chi connectivity index (χ0v) is 7.99. The van der Waals surface area contributed by atoms with Gasteiger partial charge in [-0.05, 0) is 38.1 Å². The molecule has 0 spiro atoms. The fraction of sp³-hybridized carbons (Fsp3) is 0.500. The van der Waals surface area contributed by atoms with Crippen molar-refractivity contribution >= 4 is 5.82 Å². The number of nitrogens with zero attached hydrogens (tertiary/aromatic N) is 1. The van der Waals surface area contributed by atoms with Crippen LogP contribution in [0.25, 0.3) is 0 Å². The lowest BCUT2D eigenvalue weighted by atomic mass is 10.1. The summed E-state index contributed by atoms with van der Waals surface area (Å²) >= 11 is 0. The maximum absolute atomic E-state index is 10.8. The standard InChI is InChI=1S/C10H14N3O/c14-9-1-2-10(12-7-9)13-8-3-5-11-6-4-8/h1-2,7-8,11H,3-6H2,(H,12,13). The van der Waals surface area contributed by atoms with Gasteiger partial charge in [0.25, 0.3) is 0 Å². The second-order valence-corrected chi connectivity index (χ2v) is 3.55. The summed E-state index contributed by atoms with van der Waals surface area (Å²) in [5.74, 6) is 0.761. The molecule has 1 radical (unpaired) electrons. The number of pyridine rings is 1. The third-order valence-electron chi connectivity index (χ3n) is 2.43. The number of rotatable bonds is 2. The second kappa shape index (κ2) is 4.28. The fourth-order valence-corrected chi connectivity index (χ4v) is 1.64. The van der Waals surface area contributed by atoms with Gasteiger partial charge in [0.15, 0.2) is 5.75 Å². The van der Waals surface area contributed by atoms with Crippen LogP contribution in [0.2, 0.25) is 0 Å². The van der Waals surface area contributed by atoms with Gasteiger partial charge in [-0.2, -0.15) is 0 Å². The second-order valence-electron chi connectivity index (χ2n) is 3.55. The van der Waals surface area contributed by atoms with Gasteiger partial charge in [-0.15, -0.1) is 0 Å². The number of anilines is 1. The van der Waals surface area contributed by atoms with Crippen LogP contribution in [0.3, 0.4) is 0 Å². The highest BCUT2D eigenvalue weighted by Crippen LogP contribution is 2.14. The molecule has 2 rings (SSSR count). The molecular formula is C10H14N3O. The first-order chi connectivity index (χ1) is 6.84. The van der Waals surface area contributed by atoms with Crippen molar-refractivity contribution < 1.29 is 5.11 Å². The summed E-state index contributed by atoms with van der Waals surface area (Å²) in [7, 11) is 0. The van der Waals surface area contributed by atoms with Gasteiger partial charge in [0.05, 0.1) is 6.20 Å². The minimum Gasteiger partial charge on any atom is -0.367 e. The van der Waals surface area contributed by atoms with Crippen molar-refractivity contribution in [2.75, 3.05) is 18.4 Å². The molecule has 2 N–H and O–H groups in total. The van der Waals surface area contributed by atoms with Gasteiger partial charge < -0.3 is 10.6 Å². The molecule has 4 nitrogen and oxygen atoms in total. The van der Waals surface area contributed by atoms with Crippen LogP contribution in [0.1, 0.15) is 12.8 Å². The molecule has 1 aliphatic rings. The summed E-state index contributed by atoms with van der Waals surface area (Å²) in [5.41, 5.74) is 0. The Labute approximate surface area is 83.4 Å². The highest BCUT2D eigenvalue weighted by Gasteiger charge is 2.12. The van der Waals surface area contributed by atoms with Crippen molar-refractivity contribution in [3.63, 3.8) is 0 Å². The number of aromatic nitrogens is 1. The van der Waals surface area contributed by atoms with Gasteiger partial charge in [-0.3, -0.25) is 5.11 Å². The van der Waals surface area contributed by atoms with Crippen LogP contribution in [0, 0.1) is 0 Å². The lowest BCUT2D eigenvalue weighted by Gasteiger charge is -2.23. The Kier molecular flexibility index (Phi) is 2.84. The Morgan fingerprint density at radius 2 is 2.14 bits per heavy atom. The van der Waals surface area contributed by atoms with E-state index in [2.05, 4.69) is 15.6 Å². The predicted octanol–water partition coefficient (Wildman–Crippen LogP) is 1.39.